The highest BCUT2D eigenvalue weighted by Gasteiger charge is 2.43. The highest BCUT2D eigenvalue weighted by atomic mass is 16.3. The lowest BCUT2D eigenvalue weighted by atomic mass is 9.79. The summed E-state index contributed by atoms with van der Waals surface area (Å²) in [5, 5.41) is 13.1. The second-order valence-electron chi connectivity index (χ2n) is 7.33. The highest BCUT2D eigenvalue weighted by molar-refractivity contribution is 5.86. The molecule has 1 unspecified atom stereocenters. The van der Waals surface area contributed by atoms with Crippen LogP contribution in [0.5, 0.6) is 0 Å². The average Bonchev–Trinajstić information content (AvgIpc) is 2.61. The van der Waals surface area contributed by atoms with Crippen LogP contribution in [0.1, 0.15) is 56.9 Å². The van der Waals surface area contributed by atoms with Crippen molar-refractivity contribution in [3.63, 3.8) is 0 Å². The molecule has 2 amide bonds. The summed E-state index contributed by atoms with van der Waals surface area (Å²) in [6.45, 7) is 3.36. The van der Waals surface area contributed by atoms with Gasteiger partial charge in [-0.05, 0) is 44.1 Å². The number of likely N-dealkylation sites (tertiary alicyclic amines) is 1. The van der Waals surface area contributed by atoms with Crippen molar-refractivity contribution >= 4 is 11.8 Å². The lowest BCUT2D eigenvalue weighted by Crippen LogP contribution is -2.56. The molecule has 0 aromatic heterocycles. The lowest BCUT2D eigenvalue weighted by Gasteiger charge is -2.38. The summed E-state index contributed by atoms with van der Waals surface area (Å²) < 4.78 is 0. The van der Waals surface area contributed by atoms with Gasteiger partial charge in [0, 0.05) is 19.1 Å². The third kappa shape index (κ3) is 3.87. The molecule has 2 aliphatic rings. The van der Waals surface area contributed by atoms with Gasteiger partial charge >= 0.3 is 0 Å². The summed E-state index contributed by atoms with van der Waals surface area (Å²) in [4.78, 5) is 26.9. The third-order valence-electron chi connectivity index (χ3n) is 5.65. The molecule has 0 radical (unpaired) electrons. The van der Waals surface area contributed by atoms with Gasteiger partial charge in [-0.25, -0.2) is 0 Å². The number of carbonyl (C=O) groups is 2. The molecule has 1 aliphatic carbocycles. The van der Waals surface area contributed by atoms with Crippen molar-refractivity contribution in [2.75, 3.05) is 13.1 Å². The topological polar surface area (TPSA) is 69.6 Å². The van der Waals surface area contributed by atoms with Gasteiger partial charge in [0.1, 0.15) is 5.60 Å². The largest absolute Gasteiger partial charge is 0.380 e. The summed E-state index contributed by atoms with van der Waals surface area (Å²) in [7, 11) is 0. The van der Waals surface area contributed by atoms with Gasteiger partial charge in [-0.15, -0.1) is 0 Å². The molecule has 1 saturated carbocycles. The Bertz CT molecular complexity index is 605. The van der Waals surface area contributed by atoms with Crippen LogP contribution in [0.3, 0.4) is 0 Å². The fourth-order valence-electron chi connectivity index (χ4n) is 3.76. The van der Waals surface area contributed by atoms with Gasteiger partial charge in [-0.2, -0.15) is 0 Å². The van der Waals surface area contributed by atoms with E-state index in [1.807, 2.05) is 42.2 Å². The number of piperidine rings is 1. The molecule has 1 atom stereocenters. The Hall–Kier alpha value is -1.88. The number of nitrogens with zero attached hydrogens (tertiary/aromatic N) is 1. The maximum Gasteiger partial charge on any atom is 0.252 e. The number of aliphatic hydroxyl groups is 1. The van der Waals surface area contributed by atoms with E-state index in [1.165, 1.54) is 0 Å². The summed E-state index contributed by atoms with van der Waals surface area (Å²) in [5.74, 6) is -0.154. The number of carbonyl (C=O) groups excluding carboxylic acids is 2. The molecular weight excluding hydrogens is 316 g/mol. The van der Waals surface area contributed by atoms with Crippen LogP contribution in [0.25, 0.3) is 0 Å². The van der Waals surface area contributed by atoms with Crippen molar-refractivity contribution in [2.45, 2.75) is 63.0 Å². The first kappa shape index (κ1) is 17.9. The molecule has 25 heavy (non-hydrogen) atoms. The fraction of sp³-hybridized carbons (Fsp3) is 0.600. The number of hydrogen-bond donors (Lipinski definition) is 2. The fourth-order valence-corrected chi connectivity index (χ4v) is 3.76. The van der Waals surface area contributed by atoms with E-state index in [1.54, 1.807) is 0 Å². The summed E-state index contributed by atoms with van der Waals surface area (Å²) >= 11 is 0. The summed E-state index contributed by atoms with van der Waals surface area (Å²) in [6, 6.07) is 9.98. The Morgan fingerprint density at radius 3 is 2.40 bits per heavy atom. The van der Waals surface area contributed by atoms with Crippen molar-refractivity contribution < 1.29 is 14.7 Å². The molecule has 3 rings (SSSR count). The van der Waals surface area contributed by atoms with Crippen LogP contribution in [-0.4, -0.2) is 46.6 Å². The van der Waals surface area contributed by atoms with E-state index in [2.05, 4.69) is 5.32 Å². The van der Waals surface area contributed by atoms with Gasteiger partial charge in [-0.3, -0.25) is 9.59 Å². The second-order valence-corrected chi connectivity index (χ2v) is 7.33. The molecule has 136 valence electrons. The van der Waals surface area contributed by atoms with Crippen LogP contribution in [0, 0.1) is 0 Å². The number of rotatable bonds is 5. The molecule has 1 aromatic rings. The van der Waals surface area contributed by atoms with Crippen molar-refractivity contribution in [3.8, 4) is 0 Å². The van der Waals surface area contributed by atoms with E-state index >= 15 is 0 Å². The molecule has 0 spiro atoms. The predicted octanol–water partition coefficient (Wildman–Crippen LogP) is 2.20. The van der Waals surface area contributed by atoms with Gasteiger partial charge in [-0.1, -0.05) is 37.3 Å². The van der Waals surface area contributed by atoms with Crippen LogP contribution < -0.4 is 5.32 Å². The van der Waals surface area contributed by atoms with E-state index in [0.717, 1.165) is 31.2 Å². The van der Waals surface area contributed by atoms with Crippen LogP contribution in [0.15, 0.2) is 30.3 Å². The lowest BCUT2D eigenvalue weighted by molar-refractivity contribution is -0.149. The average molecular weight is 344 g/mol. The highest BCUT2D eigenvalue weighted by Crippen LogP contribution is 2.32. The van der Waals surface area contributed by atoms with E-state index in [9.17, 15) is 14.7 Å². The first-order chi connectivity index (χ1) is 12.0. The van der Waals surface area contributed by atoms with Crippen LogP contribution in [0.2, 0.25) is 0 Å². The van der Waals surface area contributed by atoms with Crippen LogP contribution >= 0.6 is 0 Å². The summed E-state index contributed by atoms with van der Waals surface area (Å²) in [6.07, 6.45) is 4.32. The van der Waals surface area contributed by atoms with E-state index in [-0.39, 0.29) is 23.8 Å². The van der Waals surface area contributed by atoms with Gasteiger partial charge in [0.25, 0.3) is 5.91 Å². The van der Waals surface area contributed by atoms with E-state index in [0.29, 0.717) is 25.9 Å². The first-order valence-electron chi connectivity index (χ1n) is 9.40. The Balaban J connectivity index is 1.53. The quantitative estimate of drug-likeness (QED) is 0.860. The minimum Gasteiger partial charge on any atom is -0.380 e. The monoisotopic (exact) mass is 344 g/mol. The SMILES string of the molecule is CCC(C(=O)N1CCC(NC(=O)C2(O)CCC2)CC1)c1ccccc1. The van der Waals surface area contributed by atoms with Crippen molar-refractivity contribution in [2.24, 2.45) is 0 Å². The minimum atomic E-state index is -1.15. The molecule has 2 N–H and O–H groups in total. The Kier molecular flexibility index (Phi) is 5.42. The molecule has 1 heterocycles. The molecule has 2 fully saturated rings. The molecule has 1 aromatic carbocycles. The smallest absolute Gasteiger partial charge is 0.252 e. The zero-order valence-corrected chi connectivity index (χ0v) is 14.9. The first-order valence-corrected chi connectivity index (χ1v) is 9.40. The Morgan fingerprint density at radius 2 is 1.88 bits per heavy atom. The minimum absolute atomic E-state index is 0.0537. The van der Waals surface area contributed by atoms with Gasteiger partial charge in [0.15, 0.2) is 0 Å². The predicted molar refractivity (Wildman–Crippen MR) is 96.0 cm³/mol. The molecule has 1 saturated heterocycles. The van der Waals surface area contributed by atoms with Crippen molar-refractivity contribution in [3.05, 3.63) is 35.9 Å². The molecule has 0 bridgehead atoms. The molecule has 1 aliphatic heterocycles. The molecular formula is C20H28N2O3. The second kappa shape index (κ2) is 7.56. The zero-order chi connectivity index (χ0) is 17.9. The zero-order valence-electron chi connectivity index (χ0n) is 14.9. The van der Waals surface area contributed by atoms with Crippen molar-refractivity contribution in [1.82, 2.24) is 10.2 Å². The number of hydrogen-bond acceptors (Lipinski definition) is 3. The maximum atomic E-state index is 12.9. The van der Waals surface area contributed by atoms with E-state index in [4.69, 9.17) is 0 Å². The number of amides is 2. The van der Waals surface area contributed by atoms with Crippen LogP contribution in [-0.2, 0) is 9.59 Å². The van der Waals surface area contributed by atoms with Gasteiger partial charge in [0.05, 0.1) is 5.92 Å². The number of benzene rings is 1. The molecule has 5 heteroatoms. The van der Waals surface area contributed by atoms with E-state index < -0.39 is 5.60 Å². The molecule has 5 nitrogen and oxygen atoms in total. The normalized spacial score (nSPS) is 21.3. The van der Waals surface area contributed by atoms with Gasteiger partial charge in [0.2, 0.25) is 5.91 Å². The Labute approximate surface area is 149 Å². The standard InChI is InChI=1S/C20H28N2O3/c1-2-17(15-7-4-3-5-8-15)18(23)22-13-9-16(10-14-22)21-19(24)20(25)11-6-12-20/h3-5,7-8,16-17,25H,2,6,9-14H2,1H3,(H,21,24). The van der Waals surface area contributed by atoms with Gasteiger partial charge < -0.3 is 15.3 Å². The summed E-state index contributed by atoms with van der Waals surface area (Å²) in [5.41, 5.74) is -0.0780. The maximum absolute atomic E-state index is 12.9. The Morgan fingerprint density at radius 1 is 1.24 bits per heavy atom. The van der Waals surface area contributed by atoms with Crippen molar-refractivity contribution in [1.29, 1.82) is 0 Å². The number of nitrogens with one attached hydrogen (secondary N) is 1. The third-order valence-corrected chi connectivity index (χ3v) is 5.65. The van der Waals surface area contributed by atoms with Crippen LogP contribution in [0.4, 0.5) is 0 Å².